The number of pyridine rings is 1. The molecular formula is C19H16N4O3. The highest BCUT2D eigenvalue weighted by Gasteiger charge is 2.35. The number of carbonyl (C=O) groups excluding carboxylic acids is 3. The van der Waals surface area contributed by atoms with Gasteiger partial charge in [-0.25, -0.2) is 9.69 Å². The van der Waals surface area contributed by atoms with Crippen molar-refractivity contribution in [3.63, 3.8) is 0 Å². The van der Waals surface area contributed by atoms with Gasteiger partial charge in [-0.3, -0.25) is 14.6 Å². The third kappa shape index (κ3) is 3.19. The lowest BCUT2D eigenvalue weighted by Crippen LogP contribution is -2.30. The van der Waals surface area contributed by atoms with Crippen LogP contribution in [0.2, 0.25) is 0 Å². The number of nitrogens with one attached hydrogen (secondary N) is 2. The maximum Gasteiger partial charge on any atom is 0.333 e. The molecule has 1 aromatic carbocycles. The van der Waals surface area contributed by atoms with Crippen LogP contribution in [-0.2, 0) is 4.79 Å². The van der Waals surface area contributed by atoms with E-state index in [0.717, 1.165) is 23.3 Å². The zero-order valence-electron chi connectivity index (χ0n) is 13.8. The van der Waals surface area contributed by atoms with E-state index in [-0.39, 0.29) is 17.6 Å². The number of benzene rings is 1. The summed E-state index contributed by atoms with van der Waals surface area (Å²) in [5, 5.41) is 5.47. The molecule has 0 unspecified atom stereocenters. The van der Waals surface area contributed by atoms with Gasteiger partial charge in [0.25, 0.3) is 11.8 Å². The molecule has 2 N–H and O–H groups in total. The quantitative estimate of drug-likeness (QED) is 0.654. The average Bonchev–Trinajstić information content (AvgIpc) is 3.42. The molecule has 7 heteroatoms. The lowest BCUT2D eigenvalue weighted by atomic mass is 10.1. The van der Waals surface area contributed by atoms with Crippen molar-refractivity contribution >= 4 is 29.6 Å². The van der Waals surface area contributed by atoms with Crippen LogP contribution in [0, 0.1) is 0 Å². The predicted molar refractivity (Wildman–Crippen MR) is 95.2 cm³/mol. The van der Waals surface area contributed by atoms with Crippen molar-refractivity contribution in [2.45, 2.75) is 18.9 Å². The molecule has 4 amide bonds. The maximum atomic E-state index is 12.6. The summed E-state index contributed by atoms with van der Waals surface area (Å²) in [6, 6.07) is 9.63. The first kappa shape index (κ1) is 16.0. The highest BCUT2D eigenvalue weighted by molar-refractivity contribution is 6.28. The van der Waals surface area contributed by atoms with E-state index in [1.807, 2.05) is 0 Å². The summed E-state index contributed by atoms with van der Waals surface area (Å²) < 4.78 is 0. The normalized spacial score (nSPS) is 18.2. The number of amides is 4. The summed E-state index contributed by atoms with van der Waals surface area (Å²) in [6.45, 7) is 0. The Balaban J connectivity index is 1.53. The monoisotopic (exact) mass is 348 g/mol. The molecule has 4 rings (SSSR count). The van der Waals surface area contributed by atoms with Crippen molar-refractivity contribution in [1.29, 1.82) is 0 Å². The minimum absolute atomic E-state index is 0.144. The van der Waals surface area contributed by atoms with Gasteiger partial charge in [-0.05, 0) is 60.9 Å². The van der Waals surface area contributed by atoms with Crippen LogP contribution in [0.4, 0.5) is 10.5 Å². The van der Waals surface area contributed by atoms with Crippen molar-refractivity contribution in [2.75, 3.05) is 4.90 Å². The second-order valence-electron chi connectivity index (χ2n) is 6.20. The van der Waals surface area contributed by atoms with Crippen molar-refractivity contribution in [3.8, 4) is 0 Å². The first-order valence-corrected chi connectivity index (χ1v) is 8.30. The molecule has 0 spiro atoms. The lowest BCUT2D eigenvalue weighted by Gasteiger charge is -2.12. The van der Waals surface area contributed by atoms with Crippen LogP contribution in [0.25, 0.3) is 6.08 Å². The van der Waals surface area contributed by atoms with E-state index in [1.165, 1.54) is 0 Å². The van der Waals surface area contributed by atoms with Gasteiger partial charge in [0, 0.05) is 24.0 Å². The second kappa shape index (κ2) is 6.44. The molecule has 2 aliphatic rings. The number of hydrogen-bond acceptors (Lipinski definition) is 4. The van der Waals surface area contributed by atoms with E-state index >= 15 is 0 Å². The summed E-state index contributed by atoms with van der Waals surface area (Å²) in [4.78, 5) is 41.8. The van der Waals surface area contributed by atoms with Crippen LogP contribution in [0.3, 0.4) is 0 Å². The van der Waals surface area contributed by atoms with Crippen molar-refractivity contribution < 1.29 is 14.4 Å². The summed E-state index contributed by atoms with van der Waals surface area (Å²) in [6.07, 6.45) is 6.84. The van der Waals surface area contributed by atoms with Crippen LogP contribution in [0.5, 0.6) is 0 Å². The summed E-state index contributed by atoms with van der Waals surface area (Å²) >= 11 is 0. The highest BCUT2D eigenvalue weighted by Crippen LogP contribution is 2.23. The van der Waals surface area contributed by atoms with Crippen molar-refractivity contribution in [2.24, 2.45) is 0 Å². The highest BCUT2D eigenvalue weighted by atomic mass is 16.2. The molecule has 26 heavy (non-hydrogen) atoms. The summed E-state index contributed by atoms with van der Waals surface area (Å²) in [5.41, 5.74) is 1.86. The summed E-state index contributed by atoms with van der Waals surface area (Å²) in [7, 11) is 0. The number of rotatable bonds is 4. The van der Waals surface area contributed by atoms with Gasteiger partial charge in [0.05, 0.1) is 5.69 Å². The molecular weight excluding hydrogens is 332 g/mol. The van der Waals surface area contributed by atoms with Gasteiger partial charge in [-0.1, -0.05) is 0 Å². The lowest BCUT2D eigenvalue weighted by molar-refractivity contribution is -0.113. The van der Waals surface area contributed by atoms with Gasteiger partial charge in [0.2, 0.25) is 0 Å². The fourth-order valence-electron chi connectivity index (χ4n) is 2.65. The Morgan fingerprint density at radius 2 is 1.81 bits per heavy atom. The molecule has 0 atom stereocenters. The van der Waals surface area contributed by atoms with Crippen LogP contribution in [0.15, 0.2) is 54.5 Å². The number of aromatic nitrogens is 1. The van der Waals surface area contributed by atoms with Gasteiger partial charge >= 0.3 is 6.03 Å². The fourth-order valence-corrected chi connectivity index (χ4v) is 2.65. The van der Waals surface area contributed by atoms with Crippen LogP contribution in [0.1, 0.15) is 28.8 Å². The molecule has 1 aliphatic heterocycles. The van der Waals surface area contributed by atoms with Gasteiger partial charge in [0.1, 0.15) is 5.70 Å². The fraction of sp³-hybridized carbons (Fsp3) is 0.158. The third-order valence-electron chi connectivity index (χ3n) is 4.20. The predicted octanol–water partition coefficient (Wildman–Crippen LogP) is 2.07. The molecule has 0 bridgehead atoms. The van der Waals surface area contributed by atoms with E-state index in [0.29, 0.717) is 11.3 Å². The Morgan fingerprint density at radius 1 is 1.12 bits per heavy atom. The zero-order chi connectivity index (χ0) is 18.1. The van der Waals surface area contributed by atoms with Gasteiger partial charge in [-0.15, -0.1) is 0 Å². The molecule has 1 aliphatic carbocycles. The van der Waals surface area contributed by atoms with E-state index in [9.17, 15) is 14.4 Å². The van der Waals surface area contributed by atoms with Crippen LogP contribution < -0.4 is 15.5 Å². The SMILES string of the molecule is O=C(NC1CC1)c1ccc(N2C(=O)N/C(=C\c3ccncc3)C2=O)cc1. The topological polar surface area (TPSA) is 91.4 Å². The third-order valence-corrected chi connectivity index (χ3v) is 4.20. The van der Waals surface area contributed by atoms with E-state index in [2.05, 4.69) is 15.6 Å². The number of nitrogens with zero attached hydrogens (tertiary/aromatic N) is 2. The minimum atomic E-state index is -0.523. The molecule has 130 valence electrons. The number of carbonyl (C=O) groups is 3. The Kier molecular flexibility index (Phi) is 3.96. The minimum Gasteiger partial charge on any atom is -0.349 e. The van der Waals surface area contributed by atoms with Gasteiger partial charge in [-0.2, -0.15) is 0 Å². The molecule has 0 radical (unpaired) electrons. The molecule has 1 saturated heterocycles. The molecule has 2 aromatic rings. The smallest absolute Gasteiger partial charge is 0.333 e. The largest absolute Gasteiger partial charge is 0.349 e. The number of urea groups is 1. The second-order valence-corrected chi connectivity index (χ2v) is 6.20. The first-order valence-electron chi connectivity index (χ1n) is 8.30. The van der Waals surface area contributed by atoms with Gasteiger partial charge in [0.15, 0.2) is 0 Å². The molecule has 2 heterocycles. The summed E-state index contributed by atoms with van der Waals surface area (Å²) in [5.74, 6) is -0.587. The van der Waals surface area contributed by atoms with E-state index in [1.54, 1.807) is 54.9 Å². The molecule has 2 fully saturated rings. The Morgan fingerprint density at radius 3 is 2.46 bits per heavy atom. The van der Waals surface area contributed by atoms with E-state index in [4.69, 9.17) is 0 Å². The zero-order valence-corrected chi connectivity index (χ0v) is 13.8. The molecule has 1 saturated carbocycles. The van der Waals surface area contributed by atoms with Crippen molar-refractivity contribution in [3.05, 3.63) is 65.6 Å². The van der Waals surface area contributed by atoms with Gasteiger partial charge < -0.3 is 10.6 Å². The molecule has 1 aromatic heterocycles. The van der Waals surface area contributed by atoms with E-state index < -0.39 is 11.9 Å². The Bertz CT molecular complexity index is 902. The van der Waals surface area contributed by atoms with Crippen LogP contribution >= 0.6 is 0 Å². The maximum absolute atomic E-state index is 12.6. The Hall–Kier alpha value is -3.48. The van der Waals surface area contributed by atoms with Crippen molar-refractivity contribution in [1.82, 2.24) is 15.6 Å². The van der Waals surface area contributed by atoms with Crippen LogP contribution in [-0.4, -0.2) is 28.9 Å². The molecule has 7 nitrogen and oxygen atoms in total. The number of hydrogen-bond donors (Lipinski definition) is 2. The number of anilines is 1. The standard InChI is InChI=1S/C19H16N4O3/c24-17(21-14-3-4-14)13-1-5-15(6-2-13)23-18(25)16(22-19(23)26)11-12-7-9-20-10-8-12/h1-2,5-11,14H,3-4H2,(H,21,24)(H,22,26)/b16-11-. The average molecular weight is 348 g/mol. The first-order chi connectivity index (χ1) is 12.6. The number of imide groups is 1. The Labute approximate surface area is 149 Å².